The second-order valence-electron chi connectivity index (χ2n) is 7.27. The van der Waals surface area contributed by atoms with Crippen molar-refractivity contribution in [2.24, 2.45) is 11.8 Å². The number of nitrogens with one attached hydrogen (secondary N) is 2. The highest BCUT2D eigenvalue weighted by Gasteiger charge is 2.29. The molecular formula is C15H29N3O2. The van der Waals surface area contributed by atoms with E-state index in [9.17, 15) is 9.59 Å². The van der Waals surface area contributed by atoms with Crippen LogP contribution in [0.4, 0.5) is 4.79 Å². The van der Waals surface area contributed by atoms with Crippen LogP contribution in [-0.4, -0.2) is 41.5 Å². The first kappa shape index (κ1) is 17.0. The third-order valence-corrected chi connectivity index (χ3v) is 3.55. The minimum absolute atomic E-state index is 0.229. The summed E-state index contributed by atoms with van der Waals surface area (Å²) in [5, 5.41) is 5.17. The topological polar surface area (TPSA) is 61.4 Å². The first-order chi connectivity index (χ1) is 9.08. The van der Waals surface area contributed by atoms with Crippen LogP contribution in [0, 0.1) is 11.8 Å². The van der Waals surface area contributed by atoms with Gasteiger partial charge in [0, 0.05) is 18.6 Å². The summed E-state index contributed by atoms with van der Waals surface area (Å²) >= 11 is 0. The summed E-state index contributed by atoms with van der Waals surface area (Å²) in [5.41, 5.74) is -0.345. The summed E-state index contributed by atoms with van der Waals surface area (Å²) in [6.07, 6.45) is 1.20. The predicted molar refractivity (Wildman–Crippen MR) is 80.4 cm³/mol. The van der Waals surface area contributed by atoms with Crippen LogP contribution in [0.25, 0.3) is 0 Å². The van der Waals surface area contributed by atoms with Gasteiger partial charge in [0.05, 0.1) is 6.04 Å². The van der Waals surface area contributed by atoms with Crippen LogP contribution in [0.15, 0.2) is 0 Å². The van der Waals surface area contributed by atoms with Crippen molar-refractivity contribution < 1.29 is 9.59 Å². The fourth-order valence-corrected chi connectivity index (χ4v) is 2.78. The Kier molecular flexibility index (Phi) is 5.57. The molecule has 116 valence electrons. The van der Waals surface area contributed by atoms with Crippen molar-refractivity contribution in [1.29, 1.82) is 0 Å². The fraction of sp³-hybridized carbons (Fsp3) is 0.867. The zero-order valence-corrected chi connectivity index (χ0v) is 13.6. The molecule has 0 saturated carbocycles. The van der Waals surface area contributed by atoms with Crippen molar-refractivity contribution in [3.05, 3.63) is 0 Å². The molecule has 5 heteroatoms. The molecule has 0 radical (unpaired) electrons. The van der Waals surface area contributed by atoms with Crippen molar-refractivity contribution in [3.63, 3.8) is 0 Å². The molecule has 0 bridgehead atoms. The first-order valence-electron chi connectivity index (χ1n) is 7.45. The van der Waals surface area contributed by atoms with Crippen LogP contribution < -0.4 is 10.6 Å². The van der Waals surface area contributed by atoms with E-state index in [1.807, 2.05) is 27.7 Å². The number of urea groups is 1. The summed E-state index contributed by atoms with van der Waals surface area (Å²) in [6.45, 7) is 13.8. The molecular weight excluding hydrogens is 254 g/mol. The third kappa shape index (κ3) is 5.49. The van der Waals surface area contributed by atoms with Crippen LogP contribution in [-0.2, 0) is 4.79 Å². The Morgan fingerprint density at radius 3 is 2.10 bits per heavy atom. The predicted octanol–water partition coefficient (Wildman–Crippen LogP) is 1.98. The minimum atomic E-state index is -0.424. The molecule has 0 aromatic rings. The number of carbonyl (C=O) groups is 2. The average molecular weight is 283 g/mol. The third-order valence-electron chi connectivity index (χ3n) is 3.55. The molecule has 1 rings (SSSR count). The number of carbonyl (C=O) groups excluding carboxylic acids is 2. The molecule has 2 N–H and O–H groups in total. The van der Waals surface area contributed by atoms with Gasteiger partial charge in [-0.3, -0.25) is 15.0 Å². The maximum absolute atomic E-state index is 12.1. The number of hydrogen-bond acceptors (Lipinski definition) is 3. The van der Waals surface area contributed by atoms with Crippen LogP contribution >= 0.6 is 0 Å². The summed E-state index contributed by atoms with van der Waals surface area (Å²) in [6, 6.07) is -0.696. The molecule has 1 aliphatic heterocycles. The van der Waals surface area contributed by atoms with Crippen molar-refractivity contribution in [2.75, 3.05) is 13.1 Å². The van der Waals surface area contributed by atoms with E-state index in [1.54, 1.807) is 0 Å². The zero-order chi connectivity index (χ0) is 15.5. The molecule has 0 aromatic heterocycles. The van der Waals surface area contributed by atoms with Gasteiger partial charge >= 0.3 is 6.03 Å². The molecule has 1 saturated heterocycles. The van der Waals surface area contributed by atoms with Gasteiger partial charge in [-0.2, -0.15) is 0 Å². The molecule has 0 unspecified atom stereocenters. The quantitative estimate of drug-likeness (QED) is 0.814. The zero-order valence-electron chi connectivity index (χ0n) is 13.6. The Morgan fingerprint density at radius 1 is 1.15 bits per heavy atom. The lowest BCUT2D eigenvalue weighted by molar-refractivity contribution is -0.125. The number of piperidine rings is 1. The molecule has 0 spiro atoms. The Morgan fingerprint density at radius 2 is 1.65 bits per heavy atom. The highest BCUT2D eigenvalue weighted by Crippen LogP contribution is 2.22. The molecule has 5 nitrogen and oxygen atoms in total. The number of likely N-dealkylation sites (tertiary alicyclic amines) is 1. The summed E-state index contributed by atoms with van der Waals surface area (Å²) in [7, 11) is 0. The Balaban J connectivity index is 2.52. The van der Waals surface area contributed by atoms with E-state index in [4.69, 9.17) is 0 Å². The van der Waals surface area contributed by atoms with Crippen LogP contribution in [0.2, 0.25) is 0 Å². The lowest BCUT2D eigenvalue weighted by Crippen LogP contribution is -2.55. The lowest BCUT2D eigenvalue weighted by Gasteiger charge is -2.38. The van der Waals surface area contributed by atoms with Crippen molar-refractivity contribution in [3.8, 4) is 0 Å². The largest absolute Gasteiger partial charge is 0.333 e. The second-order valence-corrected chi connectivity index (χ2v) is 7.27. The molecule has 3 amide bonds. The molecule has 20 heavy (non-hydrogen) atoms. The van der Waals surface area contributed by atoms with Crippen molar-refractivity contribution in [1.82, 2.24) is 15.5 Å². The summed E-state index contributed by atoms with van der Waals surface area (Å²) in [5.74, 6) is 0.961. The van der Waals surface area contributed by atoms with Gasteiger partial charge in [0.25, 0.3) is 0 Å². The molecule has 1 fully saturated rings. The van der Waals surface area contributed by atoms with Gasteiger partial charge in [0.15, 0.2) is 0 Å². The standard InChI is InChI=1S/C15H29N3O2/c1-10-7-11(2)9-18(8-10)12(3)13(19)16-14(20)17-15(4,5)6/h10-12H,7-9H2,1-6H3,(H2,16,17,19,20)/t10-,11+,12-/m0/s1. The van der Waals surface area contributed by atoms with E-state index in [1.165, 1.54) is 6.42 Å². The normalized spacial score (nSPS) is 25.9. The van der Waals surface area contributed by atoms with Crippen molar-refractivity contribution >= 4 is 11.9 Å². The van der Waals surface area contributed by atoms with E-state index in [0.29, 0.717) is 11.8 Å². The molecule has 1 aliphatic rings. The molecule has 3 atom stereocenters. The lowest BCUT2D eigenvalue weighted by atomic mass is 9.91. The molecule has 0 aliphatic carbocycles. The number of amides is 3. The number of nitrogens with zero attached hydrogens (tertiary/aromatic N) is 1. The molecule has 1 heterocycles. The number of imide groups is 1. The van der Waals surface area contributed by atoms with Gasteiger partial charge in [0.1, 0.15) is 0 Å². The van der Waals surface area contributed by atoms with Gasteiger partial charge in [0.2, 0.25) is 5.91 Å². The van der Waals surface area contributed by atoms with Gasteiger partial charge in [-0.05, 0) is 46.0 Å². The smallest absolute Gasteiger partial charge is 0.321 e. The van der Waals surface area contributed by atoms with E-state index in [-0.39, 0.29) is 17.5 Å². The second kappa shape index (κ2) is 6.57. The van der Waals surface area contributed by atoms with E-state index < -0.39 is 6.03 Å². The van der Waals surface area contributed by atoms with E-state index in [0.717, 1.165) is 13.1 Å². The van der Waals surface area contributed by atoms with Crippen LogP contribution in [0.3, 0.4) is 0 Å². The van der Waals surface area contributed by atoms with Gasteiger partial charge in [-0.25, -0.2) is 4.79 Å². The average Bonchev–Trinajstić information content (AvgIpc) is 2.23. The van der Waals surface area contributed by atoms with Crippen LogP contribution in [0.1, 0.15) is 48.0 Å². The fourth-order valence-electron chi connectivity index (χ4n) is 2.78. The number of rotatable bonds is 2. The SMILES string of the molecule is C[C@@H]1C[C@H](C)CN([C@@H](C)C(=O)NC(=O)NC(C)(C)C)C1. The molecule has 0 aromatic carbocycles. The Bertz CT molecular complexity index is 353. The van der Waals surface area contributed by atoms with E-state index >= 15 is 0 Å². The van der Waals surface area contributed by atoms with Gasteiger partial charge < -0.3 is 5.32 Å². The highest BCUT2D eigenvalue weighted by molar-refractivity contribution is 5.97. The minimum Gasteiger partial charge on any atom is -0.333 e. The monoisotopic (exact) mass is 283 g/mol. The van der Waals surface area contributed by atoms with Crippen LogP contribution in [0.5, 0.6) is 0 Å². The van der Waals surface area contributed by atoms with Gasteiger partial charge in [-0.15, -0.1) is 0 Å². The number of hydrogen-bond donors (Lipinski definition) is 2. The highest BCUT2D eigenvalue weighted by atomic mass is 16.2. The maximum Gasteiger partial charge on any atom is 0.321 e. The summed E-state index contributed by atoms with van der Waals surface area (Å²) < 4.78 is 0. The van der Waals surface area contributed by atoms with Gasteiger partial charge in [-0.1, -0.05) is 13.8 Å². The Hall–Kier alpha value is -1.10. The van der Waals surface area contributed by atoms with Crippen molar-refractivity contribution in [2.45, 2.75) is 59.5 Å². The van der Waals surface area contributed by atoms with E-state index in [2.05, 4.69) is 29.4 Å². The summed E-state index contributed by atoms with van der Waals surface area (Å²) in [4.78, 5) is 26.0. The first-order valence-corrected chi connectivity index (χ1v) is 7.45. The maximum atomic E-state index is 12.1. The Labute approximate surface area is 122 Å².